The second-order valence-corrected chi connectivity index (χ2v) is 5.13. The predicted octanol–water partition coefficient (Wildman–Crippen LogP) is 1.32. The van der Waals surface area contributed by atoms with E-state index in [-0.39, 0.29) is 6.10 Å². The van der Waals surface area contributed by atoms with Gasteiger partial charge in [0.25, 0.3) is 0 Å². The number of nitrogen functional groups attached to an aromatic ring is 1. The molecule has 15 heavy (non-hydrogen) atoms. The molecule has 0 saturated carbocycles. The van der Waals surface area contributed by atoms with E-state index in [1.807, 2.05) is 23.9 Å². The Kier molecular flexibility index (Phi) is 3.49. The monoisotopic (exact) mass is 224 g/mol. The van der Waals surface area contributed by atoms with Crippen molar-refractivity contribution in [1.29, 1.82) is 0 Å². The second kappa shape index (κ2) is 4.86. The molecule has 3 nitrogen and oxygen atoms in total. The fourth-order valence-electron chi connectivity index (χ4n) is 1.89. The normalized spacial score (nSPS) is 22.9. The quantitative estimate of drug-likeness (QED) is 0.813. The first-order chi connectivity index (χ1) is 7.25. The number of pyridine rings is 1. The van der Waals surface area contributed by atoms with Crippen LogP contribution in [0.4, 0.5) is 5.82 Å². The minimum Gasteiger partial charge on any atom is -0.392 e. The largest absolute Gasteiger partial charge is 0.392 e. The Morgan fingerprint density at radius 1 is 1.67 bits per heavy atom. The van der Waals surface area contributed by atoms with Crippen molar-refractivity contribution in [2.75, 3.05) is 17.2 Å². The van der Waals surface area contributed by atoms with Crippen molar-refractivity contribution in [3.63, 3.8) is 0 Å². The average molecular weight is 224 g/mol. The van der Waals surface area contributed by atoms with E-state index in [2.05, 4.69) is 4.98 Å². The van der Waals surface area contributed by atoms with E-state index in [0.29, 0.717) is 18.2 Å². The van der Waals surface area contributed by atoms with Crippen molar-refractivity contribution in [2.45, 2.75) is 18.9 Å². The van der Waals surface area contributed by atoms with Gasteiger partial charge in [-0.1, -0.05) is 0 Å². The van der Waals surface area contributed by atoms with Gasteiger partial charge in [0.1, 0.15) is 5.82 Å². The van der Waals surface area contributed by atoms with Crippen LogP contribution in [0, 0.1) is 5.92 Å². The summed E-state index contributed by atoms with van der Waals surface area (Å²) >= 11 is 1.93. The molecule has 1 fully saturated rings. The lowest BCUT2D eigenvalue weighted by Crippen LogP contribution is -2.22. The molecule has 3 N–H and O–H groups in total. The molecule has 1 aromatic heterocycles. The van der Waals surface area contributed by atoms with Crippen molar-refractivity contribution < 1.29 is 5.11 Å². The topological polar surface area (TPSA) is 59.1 Å². The standard InChI is InChI=1S/C11H16N2OS/c12-11-6-8(1-3-13-11)5-10(14)9-2-4-15-7-9/h1,3,6,9-10,14H,2,4-5,7H2,(H2,12,13). The van der Waals surface area contributed by atoms with Crippen molar-refractivity contribution in [1.82, 2.24) is 4.98 Å². The van der Waals surface area contributed by atoms with Crippen LogP contribution in [0.5, 0.6) is 0 Å². The zero-order chi connectivity index (χ0) is 10.7. The van der Waals surface area contributed by atoms with Crippen molar-refractivity contribution in [3.8, 4) is 0 Å². The Morgan fingerprint density at radius 2 is 2.53 bits per heavy atom. The van der Waals surface area contributed by atoms with Gasteiger partial charge in [0.2, 0.25) is 0 Å². The molecule has 1 aliphatic heterocycles. The van der Waals surface area contributed by atoms with E-state index in [4.69, 9.17) is 5.73 Å². The zero-order valence-corrected chi connectivity index (χ0v) is 9.41. The maximum absolute atomic E-state index is 10.0. The van der Waals surface area contributed by atoms with Gasteiger partial charge in [-0.25, -0.2) is 4.98 Å². The van der Waals surface area contributed by atoms with E-state index in [9.17, 15) is 5.11 Å². The molecule has 1 saturated heterocycles. The smallest absolute Gasteiger partial charge is 0.123 e. The summed E-state index contributed by atoms with van der Waals surface area (Å²) in [4.78, 5) is 3.94. The number of thioether (sulfide) groups is 1. The number of anilines is 1. The molecule has 0 bridgehead atoms. The highest BCUT2D eigenvalue weighted by atomic mass is 32.2. The number of aliphatic hydroxyl groups excluding tert-OH is 1. The summed E-state index contributed by atoms with van der Waals surface area (Å²) in [6.45, 7) is 0. The maximum atomic E-state index is 10.0. The number of nitrogens with zero attached hydrogens (tertiary/aromatic N) is 1. The molecule has 1 aliphatic rings. The van der Waals surface area contributed by atoms with Crippen LogP contribution in [0.3, 0.4) is 0 Å². The summed E-state index contributed by atoms with van der Waals surface area (Å²) in [5, 5.41) is 10.0. The molecule has 2 rings (SSSR count). The highest BCUT2D eigenvalue weighted by molar-refractivity contribution is 7.99. The van der Waals surface area contributed by atoms with Gasteiger partial charge < -0.3 is 10.8 Å². The first-order valence-corrected chi connectivity index (χ1v) is 6.37. The Hall–Kier alpha value is -0.740. The van der Waals surface area contributed by atoms with Gasteiger partial charge in [-0.15, -0.1) is 0 Å². The predicted molar refractivity (Wildman–Crippen MR) is 63.8 cm³/mol. The van der Waals surface area contributed by atoms with Crippen LogP contribution in [-0.2, 0) is 6.42 Å². The Labute approximate surface area is 94.1 Å². The lowest BCUT2D eigenvalue weighted by atomic mass is 9.96. The average Bonchev–Trinajstić information content (AvgIpc) is 2.70. The third-order valence-electron chi connectivity index (χ3n) is 2.80. The first kappa shape index (κ1) is 10.8. The van der Waals surface area contributed by atoms with E-state index in [0.717, 1.165) is 17.7 Å². The summed E-state index contributed by atoms with van der Waals surface area (Å²) in [6.07, 6.45) is 3.28. The molecule has 0 spiro atoms. The van der Waals surface area contributed by atoms with Gasteiger partial charge in [0.05, 0.1) is 6.10 Å². The Bertz CT molecular complexity index is 326. The van der Waals surface area contributed by atoms with Crippen molar-refractivity contribution in [3.05, 3.63) is 23.9 Å². The molecule has 4 heteroatoms. The molecular weight excluding hydrogens is 208 g/mol. The summed E-state index contributed by atoms with van der Waals surface area (Å²) in [5.41, 5.74) is 6.67. The number of aromatic nitrogens is 1. The van der Waals surface area contributed by atoms with Gasteiger partial charge in [0, 0.05) is 6.20 Å². The summed E-state index contributed by atoms with van der Waals surface area (Å²) in [5.74, 6) is 3.24. The van der Waals surface area contributed by atoms with E-state index in [1.165, 1.54) is 5.75 Å². The molecule has 0 radical (unpaired) electrons. The summed E-state index contributed by atoms with van der Waals surface area (Å²) < 4.78 is 0. The summed E-state index contributed by atoms with van der Waals surface area (Å²) in [6, 6.07) is 3.76. The Balaban J connectivity index is 1.95. The number of aliphatic hydroxyl groups is 1. The molecule has 0 aliphatic carbocycles. The third kappa shape index (κ3) is 2.86. The van der Waals surface area contributed by atoms with Crippen LogP contribution < -0.4 is 5.73 Å². The van der Waals surface area contributed by atoms with Crippen molar-refractivity contribution in [2.24, 2.45) is 5.92 Å². The fourth-order valence-corrected chi connectivity index (χ4v) is 3.21. The minimum absolute atomic E-state index is 0.234. The lowest BCUT2D eigenvalue weighted by molar-refractivity contribution is 0.120. The molecular formula is C11H16N2OS. The van der Waals surface area contributed by atoms with Gasteiger partial charge in [-0.3, -0.25) is 0 Å². The Morgan fingerprint density at radius 3 is 3.20 bits per heavy atom. The van der Waals surface area contributed by atoms with Crippen LogP contribution in [-0.4, -0.2) is 27.7 Å². The number of rotatable bonds is 3. The molecule has 82 valence electrons. The number of hydrogen-bond donors (Lipinski definition) is 2. The SMILES string of the molecule is Nc1cc(CC(O)C2CCSC2)ccn1. The van der Waals surface area contributed by atoms with Gasteiger partial charge in [-0.05, 0) is 48.0 Å². The molecule has 0 amide bonds. The maximum Gasteiger partial charge on any atom is 0.123 e. The van der Waals surface area contributed by atoms with Crippen LogP contribution in [0.1, 0.15) is 12.0 Å². The zero-order valence-electron chi connectivity index (χ0n) is 8.60. The first-order valence-electron chi connectivity index (χ1n) is 5.22. The lowest BCUT2D eigenvalue weighted by Gasteiger charge is -2.16. The van der Waals surface area contributed by atoms with E-state index in [1.54, 1.807) is 6.20 Å². The molecule has 2 atom stereocenters. The summed E-state index contributed by atoms with van der Waals surface area (Å²) in [7, 11) is 0. The number of hydrogen-bond acceptors (Lipinski definition) is 4. The van der Waals surface area contributed by atoms with Gasteiger partial charge >= 0.3 is 0 Å². The highest BCUT2D eigenvalue weighted by Crippen LogP contribution is 2.27. The molecule has 2 unspecified atom stereocenters. The number of nitrogens with two attached hydrogens (primary N) is 1. The van der Waals surface area contributed by atoms with Gasteiger partial charge in [-0.2, -0.15) is 11.8 Å². The highest BCUT2D eigenvalue weighted by Gasteiger charge is 2.23. The van der Waals surface area contributed by atoms with Gasteiger partial charge in [0.15, 0.2) is 0 Å². The fraction of sp³-hybridized carbons (Fsp3) is 0.545. The molecule has 1 aromatic rings. The molecule has 0 aromatic carbocycles. The second-order valence-electron chi connectivity index (χ2n) is 3.98. The van der Waals surface area contributed by atoms with Crippen LogP contribution in [0.2, 0.25) is 0 Å². The molecule has 2 heterocycles. The van der Waals surface area contributed by atoms with Crippen molar-refractivity contribution >= 4 is 17.6 Å². The third-order valence-corrected chi connectivity index (χ3v) is 3.99. The van der Waals surface area contributed by atoms with E-state index >= 15 is 0 Å². The van der Waals surface area contributed by atoms with Crippen LogP contribution in [0.15, 0.2) is 18.3 Å². The van der Waals surface area contributed by atoms with Crippen LogP contribution >= 0.6 is 11.8 Å². The van der Waals surface area contributed by atoms with E-state index < -0.39 is 0 Å². The minimum atomic E-state index is -0.234. The van der Waals surface area contributed by atoms with Crippen LogP contribution in [0.25, 0.3) is 0 Å².